The smallest absolute Gasteiger partial charge is 0.295 e. The maximum Gasteiger partial charge on any atom is 0.299 e. The molecule has 0 spiro atoms. The number of ketones is 2. The molecule has 0 saturated carbocycles. The van der Waals surface area contributed by atoms with Crippen LogP contribution in [0.1, 0.15) is 20.0 Å². The third-order valence-electron chi connectivity index (χ3n) is 3.11. The van der Waals surface area contributed by atoms with Crippen LogP contribution in [0.5, 0.6) is 0 Å². The number of Topliss-reactive ketones (excluding diaryl/α,β-unsaturated/α-hetero) is 2. The van der Waals surface area contributed by atoms with Gasteiger partial charge >= 0.3 is 0 Å². The number of nitrogens with zero attached hydrogens (tertiary/aromatic N) is 1. The number of anilines is 1. The number of thiophene rings is 1. The number of benzene rings is 1. The first-order chi connectivity index (χ1) is 10.0. The van der Waals surface area contributed by atoms with Crippen molar-refractivity contribution in [3.05, 3.63) is 49.6 Å². The zero-order valence-electron chi connectivity index (χ0n) is 10.4. The van der Waals surface area contributed by atoms with Crippen LogP contribution in [0, 0.1) is 0 Å². The highest BCUT2D eigenvalue weighted by molar-refractivity contribution is 9.10. The first-order valence-electron chi connectivity index (χ1n) is 5.91. The van der Waals surface area contributed by atoms with E-state index in [2.05, 4.69) is 15.9 Å². The summed E-state index contributed by atoms with van der Waals surface area (Å²) < 4.78 is 0.676. The average Bonchev–Trinajstić information content (AvgIpc) is 2.98. The first kappa shape index (κ1) is 14.4. The van der Waals surface area contributed by atoms with Crippen LogP contribution in [-0.2, 0) is 4.79 Å². The number of amides is 1. The fourth-order valence-electron chi connectivity index (χ4n) is 2.17. The van der Waals surface area contributed by atoms with E-state index in [4.69, 9.17) is 11.6 Å². The lowest BCUT2D eigenvalue weighted by molar-refractivity contribution is -0.114. The van der Waals surface area contributed by atoms with Crippen LogP contribution in [0.15, 0.2) is 34.1 Å². The minimum Gasteiger partial charge on any atom is -0.295 e. The van der Waals surface area contributed by atoms with Crippen LogP contribution < -0.4 is 4.90 Å². The van der Waals surface area contributed by atoms with Crippen LogP contribution in [-0.4, -0.2) is 24.0 Å². The van der Waals surface area contributed by atoms with Crippen molar-refractivity contribution in [3.8, 4) is 0 Å². The molecule has 0 fully saturated rings. The van der Waals surface area contributed by atoms with Gasteiger partial charge in [-0.25, -0.2) is 0 Å². The summed E-state index contributed by atoms with van der Waals surface area (Å²) >= 11 is 10.6. The molecule has 1 aromatic heterocycles. The average molecular weight is 385 g/mol. The molecule has 1 aliphatic rings. The second kappa shape index (κ2) is 5.36. The second-order valence-corrected chi connectivity index (χ2v) is 6.55. The normalized spacial score (nSPS) is 13.7. The lowest BCUT2D eigenvalue weighted by Gasteiger charge is -2.16. The van der Waals surface area contributed by atoms with E-state index in [1.54, 1.807) is 23.6 Å². The Bertz CT molecular complexity index is 786. The maximum atomic E-state index is 12.3. The van der Waals surface area contributed by atoms with E-state index in [0.29, 0.717) is 15.0 Å². The number of carbonyl (C=O) groups excluding carboxylic acids is 3. The van der Waals surface area contributed by atoms with Crippen molar-refractivity contribution in [2.45, 2.75) is 0 Å². The minimum atomic E-state index is -0.723. The molecule has 0 unspecified atom stereocenters. The molecule has 1 aromatic carbocycles. The number of para-hydroxylation sites is 1. The monoisotopic (exact) mass is 383 g/mol. The highest BCUT2D eigenvalue weighted by atomic mass is 79.9. The molecule has 106 valence electrons. The highest BCUT2D eigenvalue weighted by Gasteiger charge is 2.38. The Morgan fingerprint density at radius 3 is 2.71 bits per heavy atom. The van der Waals surface area contributed by atoms with Crippen LogP contribution >= 0.6 is 38.9 Å². The molecule has 2 aromatic rings. The molecule has 3 rings (SSSR count). The van der Waals surface area contributed by atoms with E-state index in [0.717, 1.165) is 4.90 Å². The Morgan fingerprint density at radius 1 is 1.29 bits per heavy atom. The first-order valence-corrected chi connectivity index (χ1v) is 7.96. The van der Waals surface area contributed by atoms with Gasteiger partial charge < -0.3 is 0 Å². The predicted molar refractivity (Wildman–Crippen MR) is 84.5 cm³/mol. The Balaban J connectivity index is 1.98. The quantitative estimate of drug-likeness (QED) is 0.600. The molecular weight excluding hydrogens is 378 g/mol. The fraction of sp³-hybridized carbons (Fsp3) is 0.0714. The lowest BCUT2D eigenvalue weighted by Crippen LogP contribution is -2.34. The topological polar surface area (TPSA) is 54.5 Å². The summed E-state index contributed by atoms with van der Waals surface area (Å²) in [5.41, 5.74) is 0.556. The van der Waals surface area contributed by atoms with E-state index in [1.807, 2.05) is 0 Å². The van der Waals surface area contributed by atoms with Gasteiger partial charge in [0.2, 0.25) is 0 Å². The maximum absolute atomic E-state index is 12.3. The Morgan fingerprint density at radius 2 is 2.05 bits per heavy atom. The van der Waals surface area contributed by atoms with Gasteiger partial charge in [0.05, 0.1) is 27.7 Å². The second-order valence-electron chi connectivity index (χ2n) is 4.38. The van der Waals surface area contributed by atoms with Gasteiger partial charge in [0.15, 0.2) is 5.78 Å². The molecule has 0 N–H and O–H groups in total. The van der Waals surface area contributed by atoms with Crippen molar-refractivity contribution in [2.75, 3.05) is 11.4 Å². The van der Waals surface area contributed by atoms with Crippen molar-refractivity contribution >= 4 is 62.0 Å². The molecule has 2 heterocycles. The van der Waals surface area contributed by atoms with E-state index in [9.17, 15) is 14.4 Å². The molecular formula is C14H7BrClNO3S. The minimum absolute atomic E-state index is 0.208. The number of hydrogen-bond donors (Lipinski definition) is 0. The lowest BCUT2D eigenvalue weighted by atomic mass is 10.1. The van der Waals surface area contributed by atoms with Crippen LogP contribution in [0.4, 0.5) is 5.69 Å². The van der Waals surface area contributed by atoms with Crippen molar-refractivity contribution in [1.82, 2.24) is 0 Å². The summed E-state index contributed by atoms with van der Waals surface area (Å²) in [6.07, 6.45) is 0. The Labute approximate surface area is 137 Å². The van der Waals surface area contributed by atoms with Crippen LogP contribution in [0.25, 0.3) is 0 Å². The summed E-state index contributed by atoms with van der Waals surface area (Å²) in [4.78, 5) is 37.9. The largest absolute Gasteiger partial charge is 0.299 e. The molecule has 7 heteroatoms. The van der Waals surface area contributed by atoms with Gasteiger partial charge in [-0.3, -0.25) is 19.3 Å². The number of halogens is 2. The summed E-state index contributed by atoms with van der Waals surface area (Å²) in [5.74, 6) is -1.60. The molecule has 0 aliphatic carbocycles. The predicted octanol–water partition coefficient (Wildman–Crippen LogP) is 3.58. The van der Waals surface area contributed by atoms with Crippen molar-refractivity contribution in [1.29, 1.82) is 0 Å². The number of hydrogen-bond acceptors (Lipinski definition) is 4. The number of fused-ring (bicyclic) bond motifs is 1. The standard InChI is InChI=1S/C14H7BrClNO3S/c15-8-4-5-21-13(8)10(18)6-17-11-7(12(19)14(17)20)2-1-3-9(11)16/h1-5H,6H2. The van der Waals surface area contributed by atoms with Crippen molar-refractivity contribution < 1.29 is 14.4 Å². The summed E-state index contributed by atoms with van der Waals surface area (Å²) in [6.45, 7) is -0.208. The molecule has 4 nitrogen and oxygen atoms in total. The molecule has 0 atom stereocenters. The van der Waals surface area contributed by atoms with Gasteiger partial charge in [-0.1, -0.05) is 17.7 Å². The summed E-state index contributed by atoms with van der Waals surface area (Å²) in [6, 6.07) is 6.49. The van der Waals surface area contributed by atoms with E-state index in [1.165, 1.54) is 17.4 Å². The van der Waals surface area contributed by atoms with Gasteiger partial charge in [-0.15, -0.1) is 11.3 Å². The van der Waals surface area contributed by atoms with Crippen molar-refractivity contribution in [3.63, 3.8) is 0 Å². The van der Waals surface area contributed by atoms with Gasteiger partial charge in [0.25, 0.3) is 11.7 Å². The molecule has 1 aliphatic heterocycles. The zero-order chi connectivity index (χ0) is 15.1. The Kier molecular flexibility index (Phi) is 3.69. The van der Waals surface area contributed by atoms with Crippen molar-refractivity contribution in [2.24, 2.45) is 0 Å². The van der Waals surface area contributed by atoms with Crippen LogP contribution in [0.2, 0.25) is 5.02 Å². The zero-order valence-corrected chi connectivity index (χ0v) is 13.6. The molecule has 0 radical (unpaired) electrons. The van der Waals surface area contributed by atoms with E-state index in [-0.39, 0.29) is 22.9 Å². The van der Waals surface area contributed by atoms with E-state index < -0.39 is 11.7 Å². The molecule has 0 bridgehead atoms. The summed E-state index contributed by atoms with van der Waals surface area (Å²) in [5, 5.41) is 2.06. The third-order valence-corrected chi connectivity index (χ3v) is 5.30. The fourth-order valence-corrected chi connectivity index (χ4v) is 3.97. The SMILES string of the molecule is O=C1C(=O)N(CC(=O)c2sccc2Br)c2c(Cl)cccc21. The molecule has 21 heavy (non-hydrogen) atoms. The summed E-state index contributed by atoms with van der Waals surface area (Å²) in [7, 11) is 0. The third kappa shape index (κ3) is 2.33. The van der Waals surface area contributed by atoms with Gasteiger partial charge in [0.1, 0.15) is 0 Å². The Hall–Kier alpha value is -1.50. The number of carbonyl (C=O) groups is 3. The highest BCUT2D eigenvalue weighted by Crippen LogP contribution is 2.36. The van der Waals surface area contributed by atoms with Gasteiger partial charge in [-0.2, -0.15) is 0 Å². The molecule has 1 amide bonds. The van der Waals surface area contributed by atoms with Crippen LogP contribution in [0.3, 0.4) is 0 Å². The molecule has 0 saturated heterocycles. The number of rotatable bonds is 3. The van der Waals surface area contributed by atoms with Gasteiger partial charge in [-0.05, 0) is 39.5 Å². The van der Waals surface area contributed by atoms with E-state index >= 15 is 0 Å². The van der Waals surface area contributed by atoms with Gasteiger partial charge in [0, 0.05) is 4.47 Å².